The first kappa shape index (κ1) is 24.3. The number of carbonyl (C=O) groups is 1. The molecular formula is C23H17BrClN3O4S. The number of benzene rings is 3. The van der Waals surface area contributed by atoms with Gasteiger partial charge in [0.2, 0.25) is 0 Å². The number of terminal acetylenes is 1. The monoisotopic (exact) mass is 545 g/mol. The minimum absolute atomic E-state index is 0.0706. The van der Waals surface area contributed by atoms with Crippen molar-refractivity contribution in [2.75, 3.05) is 11.3 Å². The molecule has 0 aliphatic heterocycles. The molecule has 0 atom stereocenters. The van der Waals surface area contributed by atoms with Gasteiger partial charge in [0, 0.05) is 26.3 Å². The van der Waals surface area contributed by atoms with Crippen molar-refractivity contribution in [3.8, 4) is 18.1 Å². The Hall–Kier alpha value is -3.32. The lowest BCUT2D eigenvalue weighted by molar-refractivity contribution is 0.0955. The Morgan fingerprint density at radius 1 is 1.12 bits per heavy atom. The summed E-state index contributed by atoms with van der Waals surface area (Å²) < 4.78 is 33.6. The second-order valence-electron chi connectivity index (χ2n) is 6.51. The normalized spacial score (nSPS) is 11.1. The number of nitrogens with zero attached hydrogens (tertiary/aromatic N) is 1. The molecule has 0 radical (unpaired) electrons. The van der Waals surface area contributed by atoms with Crippen molar-refractivity contribution in [2.24, 2.45) is 5.10 Å². The van der Waals surface area contributed by atoms with Gasteiger partial charge in [0.15, 0.2) is 0 Å². The molecule has 0 bridgehead atoms. The molecule has 7 nitrogen and oxygen atoms in total. The summed E-state index contributed by atoms with van der Waals surface area (Å²) in [6, 6.07) is 17.0. The molecule has 0 fully saturated rings. The molecule has 10 heteroatoms. The number of nitrogens with one attached hydrogen (secondary N) is 2. The van der Waals surface area contributed by atoms with Crippen molar-refractivity contribution in [1.82, 2.24) is 5.43 Å². The SMILES string of the molecule is C#CCOc1ccc(Br)cc1/C=N/NC(=O)c1ccc(NS(=O)(=O)c2ccc(Cl)cc2)cc1. The van der Waals surface area contributed by atoms with Gasteiger partial charge in [-0.05, 0) is 66.7 Å². The van der Waals surface area contributed by atoms with Crippen molar-refractivity contribution in [1.29, 1.82) is 0 Å². The highest BCUT2D eigenvalue weighted by Gasteiger charge is 2.14. The zero-order valence-corrected chi connectivity index (χ0v) is 20.1. The van der Waals surface area contributed by atoms with E-state index in [0.717, 1.165) is 4.47 Å². The number of sulfonamides is 1. The zero-order chi connectivity index (χ0) is 23.8. The molecule has 3 aromatic carbocycles. The van der Waals surface area contributed by atoms with Crippen molar-refractivity contribution in [2.45, 2.75) is 4.90 Å². The Kier molecular flexibility index (Phi) is 8.11. The molecule has 0 aliphatic rings. The fourth-order valence-electron chi connectivity index (χ4n) is 2.61. The van der Waals surface area contributed by atoms with Crippen molar-refractivity contribution in [3.63, 3.8) is 0 Å². The van der Waals surface area contributed by atoms with E-state index in [-0.39, 0.29) is 11.5 Å². The van der Waals surface area contributed by atoms with E-state index >= 15 is 0 Å². The van der Waals surface area contributed by atoms with Crippen molar-refractivity contribution in [3.05, 3.63) is 87.4 Å². The lowest BCUT2D eigenvalue weighted by atomic mass is 10.2. The second-order valence-corrected chi connectivity index (χ2v) is 9.55. The molecule has 2 N–H and O–H groups in total. The van der Waals surface area contributed by atoms with Crippen LogP contribution in [0.15, 0.2) is 81.2 Å². The quantitative estimate of drug-likeness (QED) is 0.244. The van der Waals surface area contributed by atoms with Crippen LogP contribution in [-0.2, 0) is 10.0 Å². The van der Waals surface area contributed by atoms with E-state index in [2.05, 4.69) is 37.1 Å². The summed E-state index contributed by atoms with van der Waals surface area (Å²) in [5.74, 6) is 2.43. The summed E-state index contributed by atoms with van der Waals surface area (Å²) in [6.45, 7) is 0.100. The smallest absolute Gasteiger partial charge is 0.271 e. The van der Waals surface area contributed by atoms with Crippen LogP contribution in [0.4, 0.5) is 5.69 Å². The number of anilines is 1. The fraction of sp³-hybridized carbons (Fsp3) is 0.0435. The van der Waals surface area contributed by atoms with Gasteiger partial charge in [-0.15, -0.1) is 6.42 Å². The predicted octanol–water partition coefficient (Wildman–Crippen LogP) is 4.68. The van der Waals surface area contributed by atoms with Gasteiger partial charge in [-0.1, -0.05) is 33.5 Å². The van der Waals surface area contributed by atoms with E-state index in [1.165, 1.54) is 54.7 Å². The third-order valence-corrected chi connectivity index (χ3v) is 6.32. The number of ether oxygens (including phenoxy) is 1. The first-order chi connectivity index (χ1) is 15.8. The van der Waals surface area contributed by atoms with E-state index in [1.54, 1.807) is 18.2 Å². The van der Waals surface area contributed by atoms with Crippen LogP contribution in [0.1, 0.15) is 15.9 Å². The van der Waals surface area contributed by atoms with Crippen LogP contribution in [0, 0.1) is 12.3 Å². The highest BCUT2D eigenvalue weighted by atomic mass is 79.9. The number of amides is 1. The molecule has 0 heterocycles. The molecule has 0 saturated carbocycles. The highest BCUT2D eigenvalue weighted by Crippen LogP contribution is 2.22. The first-order valence-electron chi connectivity index (χ1n) is 9.36. The van der Waals surface area contributed by atoms with Crippen LogP contribution in [0.2, 0.25) is 5.02 Å². The van der Waals surface area contributed by atoms with Gasteiger partial charge in [0.25, 0.3) is 15.9 Å². The molecule has 0 spiro atoms. The van der Waals surface area contributed by atoms with E-state index in [0.29, 0.717) is 27.6 Å². The van der Waals surface area contributed by atoms with E-state index < -0.39 is 15.9 Å². The number of hydrazone groups is 1. The summed E-state index contributed by atoms with van der Waals surface area (Å²) >= 11 is 9.16. The molecule has 1 amide bonds. The predicted molar refractivity (Wildman–Crippen MR) is 132 cm³/mol. The topological polar surface area (TPSA) is 96.9 Å². The minimum atomic E-state index is -3.78. The zero-order valence-electron chi connectivity index (χ0n) is 17.0. The summed E-state index contributed by atoms with van der Waals surface area (Å²) in [6.07, 6.45) is 6.66. The number of halogens is 2. The van der Waals surface area contributed by atoms with Crippen LogP contribution in [0.5, 0.6) is 5.75 Å². The Labute approximate surface area is 205 Å². The molecule has 3 rings (SSSR count). The average molecular weight is 547 g/mol. The van der Waals surface area contributed by atoms with Crippen LogP contribution in [-0.4, -0.2) is 27.1 Å². The average Bonchev–Trinajstić information content (AvgIpc) is 2.79. The van der Waals surface area contributed by atoms with Crippen molar-refractivity contribution < 1.29 is 17.9 Å². The lowest BCUT2D eigenvalue weighted by Gasteiger charge is -2.09. The first-order valence-corrected chi connectivity index (χ1v) is 12.0. The van der Waals surface area contributed by atoms with Gasteiger partial charge in [-0.3, -0.25) is 9.52 Å². The Morgan fingerprint density at radius 3 is 2.48 bits per heavy atom. The van der Waals surface area contributed by atoms with Gasteiger partial charge in [0.1, 0.15) is 12.4 Å². The molecular weight excluding hydrogens is 530 g/mol. The van der Waals surface area contributed by atoms with Crippen LogP contribution in [0.25, 0.3) is 0 Å². The van der Waals surface area contributed by atoms with Gasteiger partial charge < -0.3 is 4.74 Å². The number of rotatable bonds is 8. The Bertz CT molecular complexity index is 1320. The van der Waals surface area contributed by atoms with Gasteiger partial charge in [0.05, 0.1) is 11.1 Å². The molecule has 0 unspecified atom stereocenters. The maximum Gasteiger partial charge on any atom is 0.271 e. The second kappa shape index (κ2) is 11.0. The number of hydrogen-bond donors (Lipinski definition) is 2. The van der Waals surface area contributed by atoms with Crippen LogP contribution < -0.4 is 14.9 Å². The molecule has 0 aliphatic carbocycles. The molecule has 3 aromatic rings. The molecule has 0 saturated heterocycles. The Balaban J connectivity index is 1.65. The molecule has 168 valence electrons. The third kappa shape index (κ3) is 6.83. The van der Waals surface area contributed by atoms with E-state index in [4.69, 9.17) is 22.8 Å². The standard InChI is InChI=1S/C23H17BrClN3O4S/c1-2-13-32-22-12-5-18(24)14-17(22)15-26-27-23(29)16-3-8-20(9-4-16)28-33(30,31)21-10-6-19(25)7-11-21/h1,3-12,14-15,28H,13H2,(H,27,29)/b26-15+. The summed E-state index contributed by atoms with van der Waals surface area (Å²) in [4.78, 5) is 12.4. The lowest BCUT2D eigenvalue weighted by Crippen LogP contribution is -2.18. The minimum Gasteiger partial charge on any atom is -0.480 e. The molecule has 0 aromatic heterocycles. The summed E-state index contributed by atoms with van der Waals surface area (Å²) in [5, 5.41) is 4.39. The van der Waals surface area contributed by atoms with Crippen LogP contribution in [0.3, 0.4) is 0 Å². The summed E-state index contributed by atoms with van der Waals surface area (Å²) in [7, 11) is -3.78. The summed E-state index contributed by atoms with van der Waals surface area (Å²) in [5.41, 5.74) is 3.63. The van der Waals surface area contributed by atoms with E-state index in [1.807, 2.05) is 0 Å². The largest absolute Gasteiger partial charge is 0.480 e. The van der Waals surface area contributed by atoms with Gasteiger partial charge in [-0.2, -0.15) is 5.10 Å². The van der Waals surface area contributed by atoms with Gasteiger partial charge >= 0.3 is 0 Å². The van der Waals surface area contributed by atoms with E-state index in [9.17, 15) is 13.2 Å². The van der Waals surface area contributed by atoms with Crippen molar-refractivity contribution >= 4 is 55.4 Å². The Morgan fingerprint density at radius 2 is 1.82 bits per heavy atom. The maximum atomic E-state index is 12.4. The fourth-order valence-corrected chi connectivity index (χ4v) is 4.18. The number of carbonyl (C=O) groups excluding carboxylic acids is 1. The highest BCUT2D eigenvalue weighted by molar-refractivity contribution is 9.10. The molecule has 33 heavy (non-hydrogen) atoms. The maximum absolute atomic E-state index is 12.4. The van der Waals surface area contributed by atoms with Gasteiger partial charge in [-0.25, -0.2) is 13.8 Å². The van der Waals surface area contributed by atoms with Crippen LogP contribution >= 0.6 is 27.5 Å². The third-order valence-electron chi connectivity index (χ3n) is 4.18. The number of hydrogen-bond acceptors (Lipinski definition) is 5.